The molecule has 0 spiro atoms. The molecule has 0 aliphatic heterocycles. The highest BCUT2D eigenvalue weighted by Crippen LogP contribution is 2.41. The lowest BCUT2D eigenvalue weighted by molar-refractivity contribution is -0.119. The van der Waals surface area contributed by atoms with Gasteiger partial charge in [0.2, 0.25) is 0 Å². The van der Waals surface area contributed by atoms with E-state index in [-0.39, 0.29) is 17.7 Å². The average molecular weight is 399 g/mol. The van der Waals surface area contributed by atoms with Crippen molar-refractivity contribution in [1.29, 1.82) is 0 Å². The van der Waals surface area contributed by atoms with Crippen LogP contribution < -0.4 is 5.32 Å². The van der Waals surface area contributed by atoms with Gasteiger partial charge in [-0.1, -0.05) is 0 Å². The van der Waals surface area contributed by atoms with Crippen molar-refractivity contribution in [3.05, 3.63) is 38.7 Å². The molecular formula is C22H26N2O3S. The zero-order valence-electron chi connectivity index (χ0n) is 16.3. The lowest BCUT2D eigenvalue weighted by atomic mass is 9.85. The minimum atomic E-state index is 0.00670. The summed E-state index contributed by atoms with van der Waals surface area (Å²) in [7, 11) is 0. The van der Waals surface area contributed by atoms with Gasteiger partial charge < -0.3 is 9.73 Å². The minimum Gasteiger partial charge on any atom is -0.448 e. The lowest BCUT2D eigenvalue weighted by Gasteiger charge is -2.20. The minimum absolute atomic E-state index is 0.00670. The number of amides is 1. The standard InChI is InChI=1S/C22H26N2O3S/c1-12-11-27-22(24-12)15-6-7-18-16(8-15)20(21(26)23-10-13-2-3-13)19(28-18)9-17(25)14-4-5-14/h11,13-15H,2-10H2,1H3,(H,23,26). The number of nitrogens with zero attached hydrogens (tertiary/aromatic N) is 1. The van der Waals surface area contributed by atoms with Crippen molar-refractivity contribution in [3.63, 3.8) is 0 Å². The van der Waals surface area contributed by atoms with Gasteiger partial charge in [0.1, 0.15) is 12.0 Å². The van der Waals surface area contributed by atoms with E-state index in [4.69, 9.17) is 4.42 Å². The molecule has 1 atom stereocenters. The molecular weight excluding hydrogens is 372 g/mol. The fraction of sp³-hybridized carbons (Fsp3) is 0.591. The van der Waals surface area contributed by atoms with Crippen molar-refractivity contribution in [2.24, 2.45) is 11.8 Å². The molecule has 2 aromatic heterocycles. The van der Waals surface area contributed by atoms with Crippen LogP contribution in [0.1, 0.15) is 75.3 Å². The molecule has 1 N–H and O–H groups in total. The SMILES string of the molecule is Cc1coc(C2CCc3sc(CC(=O)C4CC4)c(C(=O)NCC4CC4)c3C2)n1. The Hall–Kier alpha value is -1.95. The first-order chi connectivity index (χ1) is 13.6. The van der Waals surface area contributed by atoms with Crippen molar-refractivity contribution in [1.82, 2.24) is 10.3 Å². The maximum atomic E-state index is 13.1. The monoisotopic (exact) mass is 398 g/mol. The van der Waals surface area contributed by atoms with Crippen molar-refractivity contribution in [2.45, 2.75) is 64.2 Å². The van der Waals surface area contributed by atoms with Gasteiger partial charge >= 0.3 is 0 Å². The molecule has 2 heterocycles. The van der Waals surface area contributed by atoms with Crippen molar-refractivity contribution >= 4 is 23.0 Å². The summed E-state index contributed by atoms with van der Waals surface area (Å²) in [5.74, 6) is 2.15. The Kier molecular flexibility index (Phi) is 4.62. The molecule has 28 heavy (non-hydrogen) atoms. The summed E-state index contributed by atoms with van der Waals surface area (Å²) in [6, 6.07) is 0. The second kappa shape index (κ2) is 7.14. The van der Waals surface area contributed by atoms with Crippen LogP contribution in [-0.4, -0.2) is 23.2 Å². The van der Waals surface area contributed by atoms with E-state index in [1.807, 2.05) is 6.92 Å². The van der Waals surface area contributed by atoms with Crippen LogP contribution in [0, 0.1) is 18.8 Å². The summed E-state index contributed by atoms with van der Waals surface area (Å²) in [5.41, 5.74) is 2.80. The Labute approximate surface area is 168 Å². The van der Waals surface area contributed by atoms with Crippen LogP contribution in [0.3, 0.4) is 0 Å². The number of oxazole rings is 1. The number of rotatable bonds is 7. The Balaban J connectivity index is 1.43. The molecule has 1 unspecified atom stereocenters. The number of thiophene rings is 1. The van der Waals surface area contributed by atoms with Gasteiger partial charge in [0.15, 0.2) is 5.89 Å². The maximum absolute atomic E-state index is 13.1. The van der Waals surface area contributed by atoms with E-state index >= 15 is 0 Å². The summed E-state index contributed by atoms with van der Waals surface area (Å²) in [5, 5.41) is 3.13. The van der Waals surface area contributed by atoms with Crippen LogP contribution in [0.25, 0.3) is 0 Å². The molecule has 5 rings (SSSR count). The molecule has 2 fully saturated rings. The number of Topliss-reactive ketones (excluding diaryl/α,β-unsaturated/α-hetero) is 1. The van der Waals surface area contributed by atoms with Gasteiger partial charge in [-0.3, -0.25) is 9.59 Å². The molecule has 3 aliphatic rings. The normalized spacial score (nSPS) is 21.4. The van der Waals surface area contributed by atoms with Gasteiger partial charge in [0, 0.05) is 34.6 Å². The second-order valence-corrected chi connectivity index (χ2v) is 9.83. The summed E-state index contributed by atoms with van der Waals surface area (Å²) >= 11 is 1.68. The molecule has 1 amide bonds. The third-order valence-electron chi connectivity index (χ3n) is 6.16. The summed E-state index contributed by atoms with van der Waals surface area (Å²) in [4.78, 5) is 32.3. The summed E-state index contributed by atoms with van der Waals surface area (Å²) < 4.78 is 5.66. The van der Waals surface area contributed by atoms with Crippen molar-refractivity contribution in [2.75, 3.05) is 6.54 Å². The van der Waals surface area contributed by atoms with Crippen molar-refractivity contribution in [3.8, 4) is 0 Å². The van der Waals surface area contributed by atoms with Gasteiger partial charge in [-0.2, -0.15) is 0 Å². The molecule has 0 saturated heterocycles. The van der Waals surface area contributed by atoms with E-state index in [0.717, 1.165) is 66.2 Å². The van der Waals surface area contributed by atoms with E-state index in [9.17, 15) is 9.59 Å². The van der Waals surface area contributed by atoms with E-state index < -0.39 is 0 Å². The molecule has 148 valence electrons. The highest BCUT2D eigenvalue weighted by Gasteiger charge is 2.35. The van der Waals surface area contributed by atoms with Crippen LogP contribution in [0.4, 0.5) is 0 Å². The fourth-order valence-corrected chi connectivity index (χ4v) is 5.51. The largest absolute Gasteiger partial charge is 0.448 e. The Morgan fingerprint density at radius 3 is 2.75 bits per heavy atom. The highest BCUT2D eigenvalue weighted by molar-refractivity contribution is 7.12. The van der Waals surface area contributed by atoms with E-state index in [1.165, 1.54) is 17.7 Å². The molecule has 6 heteroatoms. The number of nitrogens with one attached hydrogen (secondary N) is 1. The van der Waals surface area contributed by atoms with Crippen LogP contribution >= 0.6 is 11.3 Å². The quantitative estimate of drug-likeness (QED) is 0.766. The predicted molar refractivity (Wildman–Crippen MR) is 107 cm³/mol. The predicted octanol–water partition coefficient (Wildman–Crippen LogP) is 3.98. The number of carbonyl (C=O) groups excluding carboxylic acids is 2. The number of carbonyl (C=O) groups is 2. The van der Waals surface area contributed by atoms with E-state index in [1.54, 1.807) is 17.6 Å². The Bertz CT molecular complexity index is 920. The number of fused-ring (bicyclic) bond motifs is 1. The average Bonchev–Trinajstić information content (AvgIpc) is 3.60. The van der Waals surface area contributed by atoms with Gasteiger partial charge in [0.25, 0.3) is 5.91 Å². The third kappa shape index (κ3) is 3.66. The Morgan fingerprint density at radius 1 is 1.25 bits per heavy atom. The molecule has 0 aromatic carbocycles. The smallest absolute Gasteiger partial charge is 0.252 e. The van der Waals surface area contributed by atoms with Gasteiger partial charge in [-0.15, -0.1) is 11.3 Å². The summed E-state index contributed by atoms with van der Waals surface area (Å²) in [6.45, 7) is 2.69. The number of aryl methyl sites for hydroxylation is 2. The van der Waals surface area contributed by atoms with Gasteiger partial charge in [0.05, 0.1) is 11.3 Å². The first kappa shape index (κ1) is 18.1. The fourth-order valence-electron chi connectivity index (χ4n) is 4.15. The van der Waals surface area contributed by atoms with Crippen LogP contribution in [-0.2, 0) is 24.1 Å². The third-order valence-corrected chi connectivity index (χ3v) is 7.45. The van der Waals surface area contributed by atoms with E-state index in [2.05, 4.69) is 10.3 Å². The molecule has 5 nitrogen and oxygen atoms in total. The molecule has 2 aromatic rings. The number of hydrogen-bond acceptors (Lipinski definition) is 5. The highest BCUT2D eigenvalue weighted by atomic mass is 32.1. The van der Waals surface area contributed by atoms with Crippen molar-refractivity contribution < 1.29 is 14.0 Å². The molecule has 0 radical (unpaired) electrons. The molecule has 2 saturated carbocycles. The first-order valence-corrected chi connectivity index (χ1v) is 11.3. The number of ketones is 1. The van der Waals surface area contributed by atoms with Crippen LogP contribution in [0.2, 0.25) is 0 Å². The first-order valence-electron chi connectivity index (χ1n) is 10.4. The number of aromatic nitrogens is 1. The molecule has 3 aliphatic carbocycles. The zero-order chi connectivity index (χ0) is 19.3. The maximum Gasteiger partial charge on any atom is 0.252 e. The topological polar surface area (TPSA) is 72.2 Å². The second-order valence-electron chi connectivity index (χ2n) is 8.64. The van der Waals surface area contributed by atoms with Crippen LogP contribution in [0.5, 0.6) is 0 Å². The van der Waals surface area contributed by atoms with Gasteiger partial charge in [-0.05, 0) is 63.4 Å². The van der Waals surface area contributed by atoms with Gasteiger partial charge in [-0.25, -0.2) is 4.98 Å². The summed E-state index contributed by atoms with van der Waals surface area (Å²) in [6.07, 6.45) is 9.23. The Morgan fingerprint density at radius 2 is 2.07 bits per heavy atom. The molecule has 0 bridgehead atoms. The lowest BCUT2D eigenvalue weighted by Crippen LogP contribution is -2.28. The van der Waals surface area contributed by atoms with Crippen LogP contribution in [0.15, 0.2) is 10.7 Å². The van der Waals surface area contributed by atoms with E-state index in [0.29, 0.717) is 18.1 Å². The number of hydrogen-bond donors (Lipinski definition) is 1. The zero-order valence-corrected chi connectivity index (χ0v) is 17.1.